The van der Waals surface area contributed by atoms with Crippen LogP contribution in [0, 0.1) is 13.8 Å². The second-order valence-corrected chi connectivity index (χ2v) is 6.22. The summed E-state index contributed by atoms with van der Waals surface area (Å²) in [6, 6.07) is 15.7. The van der Waals surface area contributed by atoms with E-state index in [1.807, 2.05) is 30.3 Å². The molecule has 0 atom stereocenters. The van der Waals surface area contributed by atoms with Gasteiger partial charge < -0.3 is 10.4 Å². The predicted molar refractivity (Wildman–Crippen MR) is 101 cm³/mol. The van der Waals surface area contributed by atoms with Gasteiger partial charge in [0.05, 0.1) is 16.8 Å². The monoisotopic (exact) mass is 334 g/mol. The summed E-state index contributed by atoms with van der Waals surface area (Å²) in [4.78, 5) is 17.4. The van der Waals surface area contributed by atoms with Gasteiger partial charge in [0.25, 0.3) is 5.91 Å². The molecule has 0 bridgehead atoms. The summed E-state index contributed by atoms with van der Waals surface area (Å²) in [6.07, 6.45) is 0.540. The highest BCUT2D eigenvalue weighted by molar-refractivity contribution is 6.07. The van der Waals surface area contributed by atoms with Gasteiger partial charge in [-0.05, 0) is 38.0 Å². The van der Waals surface area contributed by atoms with Gasteiger partial charge >= 0.3 is 0 Å². The molecule has 2 N–H and O–H groups in total. The lowest BCUT2D eigenvalue weighted by atomic mass is 9.99. The van der Waals surface area contributed by atoms with Crippen LogP contribution < -0.4 is 5.32 Å². The number of rotatable bonds is 5. The van der Waals surface area contributed by atoms with Gasteiger partial charge in [0.1, 0.15) is 0 Å². The normalized spacial score (nSPS) is 10.8. The lowest BCUT2D eigenvalue weighted by Crippen LogP contribution is -2.25. The number of hydrogen-bond donors (Lipinski definition) is 2. The molecular formula is C21H22N2O2. The van der Waals surface area contributed by atoms with Crippen molar-refractivity contribution in [2.45, 2.75) is 20.3 Å². The molecule has 2 aromatic carbocycles. The number of nitrogens with zero attached hydrogens (tertiary/aromatic N) is 1. The minimum atomic E-state index is -0.141. The maximum Gasteiger partial charge on any atom is 0.252 e. The lowest BCUT2D eigenvalue weighted by molar-refractivity contribution is 0.0953. The zero-order valence-corrected chi connectivity index (χ0v) is 14.5. The summed E-state index contributed by atoms with van der Waals surface area (Å²) in [7, 11) is 0. The molecular weight excluding hydrogens is 312 g/mol. The molecule has 3 rings (SSSR count). The number of pyridine rings is 1. The number of nitrogens with one attached hydrogen (secondary N) is 1. The van der Waals surface area contributed by atoms with Crippen LogP contribution in [0.4, 0.5) is 0 Å². The third kappa shape index (κ3) is 3.69. The van der Waals surface area contributed by atoms with Crippen LogP contribution in [0.3, 0.4) is 0 Å². The van der Waals surface area contributed by atoms with Crippen LogP contribution >= 0.6 is 0 Å². The number of benzene rings is 2. The number of hydrogen-bond acceptors (Lipinski definition) is 3. The van der Waals surface area contributed by atoms with Gasteiger partial charge in [-0.3, -0.25) is 4.79 Å². The van der Waals surface area contributed by atoms with Crippen LogP contribution in [0.25, 0.3) is 22.2 Å². The van der Waals surface area contributed by atoms with Crippen molar-refractivity contribution in [1.29, 1.82) is 0 Å². The van der Waals surface area contributed by atoms with Crippen LogP contribution in [-0.2, 0) is 0 Å². The molecule has 0 spiro atoms. The maximum atomic E-state index is 12.6. The number of para-hydroxylation sites is 1. The van der Waals surface area contributed by atoms with E-state index < -0.39 is 0 Å². The molecule has 3 aromatic rings. The quantitative estimate of drug-likeness (QED) is 0.700. The largest absolute Gasteiger partial charge is 0.396 e. The molecule has 0 fully saturated rings. The van der Waals surface area contributed by atoms with Crippen molar-refractivity contribution < 1.29 is 9.90 Å². The number of aliphatic hydroxyl groups is 1. The molecule has 1 aromatic heterocycles. The first-order chi connectivity index (χ1) is 12.1. The van der Waals surface area contributed by atoms with Gasteiger partial charge in [-0.25, -0.2) is 4.98 Å². The first kappa shape index (κ1) is 17.1. The first-order valence-corrected chi connectivity index (χ1v) is 8.46. The Bertz CT molecular complexity index is 919. The minimum absolute atomic E-state index is 0.0607. The standard InChI is InChI=1S/C21H22N2O2/c1-14-8-9-16(15(2)12-14)20-13-18(21(25)22-10-5-11-24)17-6-3-4-7-19(17)23-20/h3-4,6-9,12-13,24H,5,10-11H2,1-2H3,(H,22,25). The Labute approximate surface area is 147 Å². The summed E-state index contributed by atoms with van der Waals surface area (Å²) >= 11 is 0. The highest BCUT2D eigenvalue weighted by atomic mass is 16.3. The molecule has 25 heavy (non-hydrogen) atoms. The molecule has 4 nitrogen and oxygen atoms in total. The number of aromatic nitrogens is 1. The Morgan fingerprint density at radius 3 is 2.68 bits per heavy atom. The van der Waals surface area contributed by atoms with E-state index in [9.17, 15) is 4.79 Å². The summed E-state index contributed by atoms with van der Waals surface area (Å²) in [5.41, 5.74) is 5.56. The molecule has 0 aliphatic carbocycles. The molecule has 1 amide bonds. The van der Waals surface area contributed by atoms with E-state index in [0.717, 1.165) is 27.7 Å². The van der Waals surface area contributed by atoms with Gasteiger partial charge in [-0.15, -0.1) is 0 Å². The van der Waals surface area contributed by atoms with Crippen molar-refractivity contribution >= 4 is 16.8 Å². The summed E-state index contributed by atoms with van der Waals surface area (Å²) in [5, 5.41) is 12.6. The topological polar surface area (TPSA) is 62.2 Å². The van der Waals surface area contributed by atoms with Crippen molar-refractivity contribution in [1.82, 2.24) is 10.3 Å². The Balaban J connectivity index is 2.10. The highest BCUT2D eigenvalue weighted by Gasteiger charge is 2.14. The number of amides is 1. The molecule has 0 aliphatic heterocycles. The Kier molecular flexibility index (Phi) is 5.10. The minimum Gasteiger partial charge on any atom is -0.396 e. The van der Waals surface area contributed by atoms with Crippen LogP contribution in [0.15, 0.2) is 48.5 Å². The zero-order chi connectivity index (χ0) is 17.8. The molecule has 0 radical (unpaired) electrons. The van der Waals surface area contributed by atoms with E-state index in [4.69, 9.17) is 10.1 Å². The first-order valence-electron chi connectivity index (χ1n) is 8.46. The van der Waals surface area contributed by atoms with Gasteiger partial charge in [0.15, 0.2) is 0 Å². The van der Waals surface area contributed by atoms with E-state index in [1.54, 1.807) is 0 Å². The van der Waals surface area contributed by atoms with E-state index in [1.165, 1.54) is 5.56 Å². The van der Waals surface area contributed by atoms with Crippen molar-refractivity contribution in [2.75, 3.05) is 13.2 Å². The smallest absolute Gasteiger partial charge is 0.252 e. The fourth-order valence-corrected chi connectivity index (χ4v) is 2.98. The number of aliphatic hydroxyl groups excluding tert-OH is 1. The van der Waals surface area contributed by atoms with Gasteiger partial charge in [0.2, 0.25) is 0 Å². The molecule has 4 heteroatoms. The van der Waals surface area contributed by atoms with E-state index in [-0.39, 0.29) is 12.5 Å². The van der Waals surface area contributed by atoms with E-state index in [0.29, 0.717) is 18.5 Å². The van der Waals surface area contributed by atoms with Gasteiger partial charge in [-0.2, -0.15) is 0 Å². The van der Waals surface area contributed by atoms with Crippen molar-refractivity contribution in [3.63, 3.8) is 0 Å². The summed E-state index contributed by atoms with van der Waals surface area (Å²) < 4.78 is 0. The van der Waals surface area contributed by atoms with Gasteiger partial charge in [-0.1, -0.05) is 42.0 Å². The average molecular weight is 334 g/mol. The zero-order valence-electron chi connectivity index (χ0n) is 14.5. The maximum absolute atomic E-state index is 12.6. The Morgan fingerprint density at radius 1 is 1.12 bits per heavy atom. The molecule has 0 saturated heterocycles. The summed E-state index contributed by atoms with van der Waals surface area (Å²) in [5.74, 6) is -0.141. The number of carbonyl (C=O) groups is 1. The molecule has 128 valence electrons. The molecule has 0 saturated carbocycles. The number of fused-ring (bicyclic) bond motifs is 1. The Hall–Kier alpha value is -2.72. The van der Waals surface area contributed by atoms with Crippen LogP contribution in [0.5, 0.6) is 0 Å². The third-order valence-corrected chi connectivity index (χ3v) is 4.24. The van der Waals surface area contributed by atoms with Crippen LogP contribution in [0.2, 0.25) is 0 Å². The van der Waals surface area contributed by atoms with Crippen molar-refractivity contribution in [3.8, 4) is 11.3 Å². The second-order valence-electron chi connectivity index (χ2n) is 6.22. The van der Waals surface area contributed by atoms with Crippen molar-refractivity contribution in [2.24, 2.45) is 0 Å². The average Bonchev–Trinajstić information content (AvgIpc) is 2.61. The lowest BCUT2D eigenvalue weighted by Gasteiger charge is -2.12. The fourth-order valence-electron chi connectivity index (χ4n) is 2.98. The van der Waals surface area contributed by atoms with Crippen LogP contribution in [0.1, 0.15) is 27.9 Å². The van der Waals surface area contributed by atoms with Crippen molar-refractivity contribution in [3.05, 3.63) is 65.2 Å². The van der Waals surface area contributed by atoms with E-state index >= 15 is 0 Å². The number of carbonyl (C=O) groups excluding carboxylic acids is 1. The van der Waals surface area contributed by atoms with E-state index in [2.05, 4.69) is 37.4 Å². The number of aryl methyl sites for hydroxylation is 2. The molecule has 1 heterocycles. The molecule has 0 aliphatic rings. The SMILES string of the molecule is Cc1ccc(-c2cc(C(=O)NCCCO)c3ccccc3n2)c(C)c1. The second kappa shape index (κ2) is 7.45. The van der Waals surface area contributed by atoms with Crippen LogP contribution in [-0.4, -0.2) is 29.1 Å². The molecule has 0 unspecified atom stereocenters. The fraction of sp³-hybridized carbons (Fsp3) is 0.238. The predicted octanol–water partition coefficient (Wildman–Crippen LogP) is 3.63. The Morgan fingerprint density at radius 2 is 1.92 bits per heavy atom. The third-order valence-electron chi connectivity index (χ3n) is 4.24. The highest BCUT2D eigenvalue weighted by Crippen LogP contribution is 2.27. The summed E-state index contributed by atoms with van der Waals surface area (Å²) in [6.45, 7) is 4.63. The van der Waals surface area contributed by atoms with Gasteiger partial charge in [0, 0.05) is 24.1 Å².